The molecule has 0 saturated carbocycles. The summed E-state index contributed by atoms with van der Waals surface area (Å²) in [4.78, 5) is 29.7. The lowest BCUT2D eigenvalue weighted by Gasteiger charge is -2.12. The van der Waals surface area contributed by atoms with Crippen molar-refractivity contribution in [3.8, 4) is 11.3 Å². The lowest BCUT2D eigenvalue weighted by Crippen LogP contribution is -2.23. The van der Waals surface area contributed by atoms with Gasteiger partial charge in [0.25, 0.3) is 11.6 Å². The number of nitrogens with one attached hydrogen (secondary N) is 1. The monoisotopic (exact) mass is 489 g/mol. The van der Waals surface area contributed by atoms with Gasteiger partial charge in [-0.15, -0.1) is 11.3 Å². The molecule has 1 amide bonds. The van der Waals surface area contributed by atoms with Gasteiger partial charge in [-0.3, -0.25) is 14.9 Å². The number of nitrogens with zero attached hydrogens (tertiary/aromatic N) is 2. The fraction of sp³-hybridized carbons (Fsp3) is 0.231. The van der Waals surface area contributed by atoms with Gasteiger partial charge >= 0.3 is 0 Å². The normalized spacial score (nSPS) is 13.2. The van der Waals surface area contributed by atoms with E-state index in [2.05, 4.69) is 10.3 Å². The van der Waals surface area contributed by atoms with Gasteiger partial charge < -0.3 is 14.2 Å². The molecule has 0 spiro atoms. The fourth-order valence-electron chi connectivity index (χ4n) is 4.22. The number of fused-ring (bicyclic) bond motifs is 1. The van der Waals surface area contributed by atoms with Crippen molar-refractivity contribution in [1.29, 1.82) is 0 Å². The number of amides is 1. The van der Waals surface area contributed by atoms with Crippen LogP contribution >= 0.6 is 11.3 Å². The highest BCUT2D eigenvalue weighted by Crippen LogP contribution is 2.40. The minimum Gasteiger partial charge on any atom is -0.467 e. The van der Waals surface area contributed by atoms with Crippen LogP contribution in [0.25, 0.3) is 11.3 Å². The lowest BCUT2D eigenvalue weighted by atomic mass is 9.95. The van der Waals surface area contributed by atoms with Crippen molar-refractivity contribution in [1.82, 2.24) is 5.32 Å². The van der Waals surface area contributed by atoms with E-state index in [1.54, 1.807) is 48.1 Å². The molecule has 0 bridgehead atoms. The summed E-state index contributed by atoms with van der Waals surface area (Å²) >= 11 is 1.54. The van der Waals surface area contributed by atoms with Crippen LogP contribution in [0.1, 0.15) is 50.7 Å². The van der Waals surface area contributed by atoms with E-state index in [4.69, 9.17) is 8.83 Å². The Morgan fingerprint density at radius 3 is 2.89 bits per heavy atom. The largest absolute Gasteiger partial charge is 0.467 e. The molecule has 0 unspecified atom stereocenters. The summed E-state index contributed by atoms with van der Waals surface area (Å²) in [5.74, 6) is 1.54. The van der Waals surface area contributed by atoms with Crippen LogP contribution in [0, 0.1) is 17.0 Å². The number of aliphatic imine (C=N–C) groups is 1. The average Bonchev–Trinajstić information content (AvgIpc) is 3.61. The molecule has 1 aliphatic carbocycles. The van der Waals surface area contributed by atoms with E-state index in [0.717, 1.165) is 36.8 Å². The van der Waals surface area contributed by atoms with Gasteiger partial charge in [0.2, 0.25) is 0 Å². The van der Waals surface area contributed by atoms with E-state index >= 15 is 0 Å². The second kappa shape index (κ2) is 9.71. The predicted molar refractivity (Wildman–Crippen MR) is 134 cm³/mol. The first kappa shape index (κ1) is 22.8. The SMILES string of the molecule is Cc1ccc([N+](=O)[O-])cc1-c1ccc(C=Nc2sc3c(c2C(=O)NCc2ccco2)CCCC3)o1. The maximum atomic E-state index is 13.1. The van der Waals surface area contributed by atoms with E-state index in [1.165, 1.54) is 17.0 Å². The van der Waals surface area contributed by atoms with Gasteiger partial charge in [0.05, 0.1) is 29.5 Å². The molecule has 0 aliphatic heterocycles. The highest BCUT2D eigenvalue weighted by molar-refractivity contribution is 7.16. The molecular formula is C26H23N3O5S. The van der Waals surface area contributed by atoms with Gasteiger partial charge in [-0.1, -0.05) is 6.07 Å². The second-order valence-corrected chi connectivity index (χ2v) is 9.45. The molecule has 1 aromatic carbocycles. The van der Waals surface area contributed by atoms with Crippen molar-refractivity contribution in [3.63, 3.8) is 0 Å². The Hall–Kier alpha value is -3.98. The topological polar surface area (TPSA) is 111 Å². The summed E-state index contributed by atoms with van der Waals surface area (Å²) in [6.07, 6.45) is 7.14. The summed E-state index contributed by atoms with van der Waals surface area (Å²) in [6, 6.07) is 11.8. The highest BCUT2D eigenvalue weighted by atomic mass is 32.1. The lowest BCUT2D eigenvalue weighted by molar-refractivity contribution is -0.384. The first-order valence-corrected chi connectivity index (χ1v) is 12.2. The minimum atomic E-state index is -0.425. The summed E-state index contributed by atoms with van der Waals surface area (Å²) in [7, 11) is 0. The summed E-state index contributed by atoms with van der Waals surface area (Å²) < 4.78 is 11.3. The third-order valence-corrected chi connectivity index (χ3v) is 7.22. The molecule has 1 aliphatic rings. The standard InChI is InChI=1S/C26H23N3O5S/c1-16-8-9-17(29(31)32)13-21(16)22-11-10-19(34-22)15-28-26-24(20-6-2-3-7-23(20)35-26)25(30)27-14-18-5-4-12-33-18/h4-5,8-13,15H,2-3,6-7,14H2,1H3,(H,27,30). The van der Waals surface area contributed by atoms with Gasteiger partial charge in [-0.2, -0.15) is 0 Å². The predicted octanol–water partition coefficient (Wildman–Crippen LogP) is 6.38. The Morgan fingerprint density at radius 1 is 1.23 bits per heavy atom. The van der Waals surface area contributed by atoms with Crippen molar-refractivity contribution in [3.05, 3.63) is 91.9 Å². The maximum Gasteiger partial charge on any atom is 0.270 e. The second-order valence-electron chi connectivity index (χ2n) is 8.37. The highest BCUT2D eigenvalue weighted by Gasteiger charge is 2.25. The van der Waals surface area contributed by atoms with Crippen molar-refractivity contribution in [2.24, 2.45) is 4.99 Å². The number of carbonyl (C=O) groups is 1. The Bertz CT molecular complexity index is 1410. The number of furan rings is 2. The number of aryl methyl sites for hydroxylation is 2. The molecule has 0 saturated heterocycles. The molecule has 35 heavy (non-hydrogen) atoms. The molecule has 8 nitrogen and oxygen atoms in total. The first-order valence-electron chi connectivity index (χ1n) is 11.3. The van der Waals surface area contributed by atoms with Crippen LogP contribution < -0.4 is 5.32 Å². The van der Waals surface area contributed by atoms with Gasteiger partial charge in [0.15, 0.2) is 0 Å². The van der Waals surface area contributed by atoms with Crippen LogP contribution in [0.5, 0.6) is 0 Å². The van der Waals surface area contributed by atoms with Gasteiger partial charge in [-0.25, -0.2) is 4.99 Å². The molecule has 0 atom stereocenters. The zero-order valence-electron chi connectivity index (χ0n) is 19.1. The third-order valence-electron chi connectivity index (χ3n) is 6.02. The number of nitro benzene ring substituents is 1. The number of benzene rings is 1. The Morgan fingerprint density at radius 2 is 2.09 bits per heavy atom. The van der Waals surface area contributed by atoms with E-state index in [1.807, 2.05) is 13.0 Å². The van der Waals surface area contributed by atoms with Crippen molar-refractivity contribution < 1.29 is 18.6 Å². The van der Waals surface area contributed by atoms with Crippen LogP contribution in [0.4, 0.5) is 10.7 Å². The minimum absolute atomic E-state index is 0.00610. The molecule has 3 heterocycles. The molecule has 0 radical (unpaired) electrons. The van der Waals surface area contributed by atoms with Crippen LogP contribution in [-0.2, 0) is 19.4 Å². The van der Waals surface area contributed by atoms with Gasteiger partial charge in [0, 0.05) is 22.6 Å². The summed E-state index contributed by atoms with van der Waals surface area (Å²) in [5, 5.41) is 14.8. The first-order chi connectivity index (χ1) is 17.0. The van der Waals surface area contributed by atoms with Crippen LogP contribution in [0.15, 0.2) is 62.6 Å². The molecule has 178 valence electrons. The summed E-state index contributed by atoms with van der Waals surface area (Å²) in [6.45, 7) is 2.18. The maximum absolute atomic E-state index is 13.1. The quantitative estimate of drug-likeness (QED) is 0.184. The summed E-state index contributed by atoms with van der Waals surface area (Å²) in [5.41, 5.74) is 3.23. The van der Waals surface area contributed by atoms with Crippen molar-refractivity contribution in [2.75, 3.05) is 0 Å². The number of rotatable bonds is 7. The van der Waals surface area contributed by atoms with Gasteiger partial charge in [0.1, 0.15) is 22.3 Å². The van der Waals surface area contributed by atoms with E-state index in [-0.39, 0.29) is 11.6 Å². The zero-order chi connectivity index (χ0) is 24.4. The molecule has 3 aromatic heterocycles. The van der Waals surface area contributed by atoms with Crippen LogP contribution in [0.3, 0.4) is 0 Å². The number of non-ortho nitro benzene ring substituents is 1. The molecular weight excluding hydrogens is 466 g/mol. The van der Waals surface area contributed by atoms with Crippen LogP contribution in [-0.4, -0.2) is 17.0 Å². The Balaban J connectivity index is 1.41. The number of carbonyl (C=O) groups excluding carboxylic acids is 1. The van der Waals surface area contributed by atoms with E-state index in [9.17, 15) is 14.9 Å². The fourth-order valence-corrected chi connectivity index (χ4v) is 5.45. The van der Waals surface area contributed by atoms with Crippen molar-refractivity contribution in [2.45, 2.75) is 39.2 Å². The Kier molecular flexibility index (Phi) is 6.33. The van der Waals surface area contributed by atoms with Crippen LogP contribution in [0.2, 0.25) is 0 Å². The average molecular weight is 490 g/mol. The smallest absolute Gasteiger partial charge is 0.270 e. The molecule has 5 rings (SSSR count). The molecule has 0 fully saturated rings. The number of nitro groups is 1. The number of hydrogen-bond donors (Lipinski definition) is 1. The molecule has 4 aromatic rings. The zero-order valence-corrected chi connectivity index (χ0v) is 19.9. The van der Waals surface area contributed by atoms with Gasteiger partial charge in [-0.05, 0) is 68.0 Å². The molecule has 1 N–H and O–H groups in total. The third kappa shape index (κ3) is 4.81. The molecule has 9 heteroatoms. The van der Waals surface area contributed by atoms with E-state index < -0.39 is 4.92 Å². The van der Waals surface area contributed by atoms with Crippen molar-refractivity contribution >= 4 is 34.1 Å². The Labute approximate surface area is 205 Å². The number of thiophene rings is 1. The van der Waals surface area contributed by atoms with E-state index in [0.29, 0.717) is 40.0 Å². The number of hydrogen-bond acceptors (Lipinski definition) is 7.